The van der Waals surface area contributed by atoms with Crippen LogP contribution in [0.2, 0.25) is 0 Å². The highest BCUT2D eigenvalue weighted by Crippen LogP contribution is 2.27. The average Bonchev–Trinajstić information content (AvgIpc) is 2.82. The minimum Gasteiger partial charge on any atom is -0.494 e. The summed E-state index contributed by atoms with van der Waals surface area (Å²) in [5.41, 5.74) is 2.04. The summed E-state index contributed by atoms with van der Waals surface area (Å²) in [5, 5.41) is 2.90. The van der Waals surface area contributed by atoms with Gasteiger partial charge in [-0.3, -0.25) is 9.59 Å². The molecule has 1 aliphatic rings. The fourth-order valence-corrected chi connectivity index (χ4v) is 5.02. The number of aryl methyl sites for hydroxylation is 1. The predicted octanol–water partition coefficient (Wildman–Crippen LogP) is 5.19. The first kappa shape index (κ1) is 25.2. The molecule has 33 heavy (non-hydrogen) atoms. The summed E-state index contributed by atoms with van der Waals surface area (Å²) in [6.45, 7) is 8.16. The molecule has 1 N–H and O–H groups in total. The molecule has 5 nitrogen and oxygen atoms in total. The van der Waals surface area contributed by atoms with Crippen molar-refractivity contribution in [3.8, 4) is 5.75 Å². The molecule has 1 saturated heterocycles. The zero-order valence-electron chi connectivity index (χ0n) is 20.0. The molecule has 3 rings (SSSR count). The van der Waals surface area contributed by atoms with E-state index in [0.29, 0.717) is 23.8 Å². The third-order valence-corrected chi connectivity index (χ3v) is 6.98. The Balaban J connectivity index is 1.48. The third kappa shape index (κ3) is 7.81. The molecule has 1 aliphatic heterocycles. The third-order valence-electron chi connectivity index (χ3n) is 5.90. The van der Waals surface area contributed by atoms with E-state index in [9.17, 15) is 9.59 Å². The number of hydrogen-bond acceptors (Lipinski definition) is 4. The van der Waals surface area contributed by atoms with E-state index in [-0.39, 0.29) is 17.9 Å². The van der Waals surface area contributed by atoms with Gasteiger partial charge in [0.1, 0.15) is 5.75 Å². The number of rotatable bonds is 10. The fraction of sp³-hybridized carbons (Fsp3) is 0.481. The number of nitrogens with one attached hydrogen (secondary N) is 1. The molecule has 0 radical (unpaired) electrons. The zero-order valence-corrected chi connectivity index (χ0v) is 20.8. The van der Waals surface area contributed by atoms with Gasteiger partial charge >= 0.3 is 0 Å². The molecule has 0 atom stereocenters. The second-order valence-corrected chi connectivity index (χ2v) is 9.88. The number of amides is 2. The maximum absolute atomic E-state index is 13.2. The summed E-state index contributed by atoms with van der Waals surface area (Å²) in [5.74, 6) is 1.95. The van der Waals surface area contributed by atoms with Gasteiger partial charge in [-0.1, -0.05) is 24.3 Å². The minimum absolute atomic E-state index is 0.00871. The van der Waals surface area contributed by atoms with Crippen LogP contribution in [0.4, 0.5) is 0 Å². The lowest BCUT2D eigenvalue weighted by atomic mass is 9.90. The molecule has 2 aromatic rings. The van der Waals surface area contributed by atoms with Crippen LogP contribution in [0.25, 0.3) is 0 Å². The number of piperidine rings is 1. The van der Waals surface area contributed by atoms with E-state index in [1.165, 1.54) is 17.3 Å². The van der Waals surface area contributed by atoms with Crippen molar-refractivity contribution >= 4 is 23.6 Å². The second kappa shape index (κ2) is 12.7. The van der Waals surface area contributed by atoms with Gasteiger partial charge in [-0.15, -0.1) is 11.8 Å². The van der Waals surface area contributed by atoms with Crippen LogP contribution in [0.1, 0.15) is 56.0 Å². The Morgan fingerprint density at radius 2 is 1.79 bits per heavy atom. The molecule has 6 heteroatoms. The van der Waals surface area contributed by atoms with E-state index in [0.717, 1.165) is 49.4 Å². The van der Waals surface area contributed by atoms with Gasteiger partial charge in [0, 0.05) is 24.0 Å². The number of ether oxygens (including phenoxy) is 1. The molecule has 0 unspecified atom stereocenters. The van der Waals surface area contributed by atoms with Crippen molar-refractivity contribution in [2.45, 2.75) is 57.4 Å². The highest BCUT2D eigenvalue weighted by Gasteiger charge is 2.25. The molecule has 0 saturated carbocycles. The number of carbonyl (C=O) groups is 2. The summed E-state index contributed by atoms with van der Waals surface area (Å²) >= 11 is 1.43. The van der Waals surface area contributed by atoms with Gasteiger partial charge in [-0.2, -0.15) is 0 Å². The highest BCUT2D eigenvalue weighted by molar-refractivity contribution is 8.00. The van der Waals surface area contributed by atoms with Crippen LogP contribution in [-0.2, 0) is 11.2 Å². The van der Waals surface area contributed by atoms with E-state index in [1.54, 1.807) is 0 Å². The average molecular weight is 469 g/mol. The normalized spacial score (nSPS) is 14.4. The first-order chi connectivity index (χ1) is 16.0. The minimum atomic E-state index is -0.00871. The molecular formula is C27H36N2O3S. The molecular weight excluding hydrogens is 432 g/mol. The summed E-state index contributed by atoms with van der Waals surface area (Å²) in [6.07, 6.45) is 4.28. The van der Waals surface area contributed by atoms with Crippen molar-refractivity contribution in [2.75, 3.05) is 25.4 Å². The van der Waals surface area contributed by atoms with Crippen molar-refractivity contribution in [3.63, 3.8) is 0 Å². The van der Waals surface area contributed by atoms with Crippen molar-refractivity contribution in [3.05, 3.63) is 59.7 Å². The summed E-state index contributed by atoms with van der Waals surface area (Å²) in [4.78, 5) is 28.1. The lowest BCUT2D eigenvalue weighted by molar-refractivity contribution is -0.119. The van der Waals surface area contributed by atoms with Crippen LogP contribution in [0.15, 0.2) is 53.4 Å². The van der Waals surface area contributed by atoms with Crippen LogP contribution < -0.4 is 10.1 Å². The first-order valence-electron chi connectivity index (χ1n) is 12.0. The molecule has 2 amide bonds. The van der Waals surface area contributed by atoms with Crippen LogP contribution in [0.5, 0.6) is 5.75 Å². The Morgan fingerprint density at radius 1 is 1.09 bits per heavy atom. The maximum Gasteiger partial charge on any atom is 0.254 e. The standard InChI is InChI=1S/C27H36N2O3S/c1-4-32-23-13-11-21(12-14-23)9-10-22-15-17-29(18-16-22)27(31)24-7-5-6-8-25(24)33-19-26(30)28-20(2)3/h5-8,11-14,20,22H,4,9-10,15-19H2,1-3H3,(H,28,30). The molecule has 178 valence electrons. The number of carbonyl (C=O) groups excluding carboxylic acids is 2. The van der Waals surface area contributed by atoms with E-state index >= 15 is 0 Å². The summed E-state index contributed by atoms with van der Waals surface area (Å²) in [7, 11) is 0. The zero-order chi connectivity index (χ0) is 23.6. The largest absolute Gasteiger partial charge is 0.494 e. The van der Waals surface area contributed by atoms with Crippen molar-refractivity contribution in [2.24, 2.45) is 5.92 Å². The number of benzene rings is 2. The number of thioether (sulfide) groups is 1. The Morgan fingerprint density at radius 3 is 2.45 bits per heavy atom. The van der Waals surface area contributed by atoms with E-state index in [4.69, 9.17) is 4.74 Å². The van der Waals surface area contributed by atoms with Gasteiger partial charge in [0.25, 0.3) is 5.91 Å². The van der Waals surface area contributed by atoms with Gasteiger partial charge in [-0.05, 0) is 82.2 Å². The Kier molecular flexibility index (Phi) is 9.67. The molecule has 0 aliphatic carbocycles. The molecule has 0 bridgehead atoms. The molecule has 2 aromatic carbocycles. The van der Waals surface area contributed by atoms with Crippen LogP contribution in [-0.4, -0.2) is 48.2 Å². The predicted molar refractivity (Wildman–Crippen MR) is 135 cm³/mol. The monoisotopic (exact) mass is 468 g/mol. The van der Waals surface area contributed by atoms with E-state index in [2.05, 4.69) is 17.4 Å². The van der Waals surface area contributed by atoms with E-state index < -0.39 is 0 Å². The topological polar surface area (TPSA) is 58.6 Å². The smallest absolute Gasteiger partial charge is 0.254 e. The van der Waals surface area contributed by atoms with Crippen LogP contribution >= 0.6 is 11.8 Å². The lowest BCUT2D eigenvalue weighted by Gasteiger charge is -2.32. The molecule has 0 aromatic heterocycles. The van der Waals surface area contributed by atoms with Crippen LogP contribution in [0.3, 0.4) is 0 Å². The Labute approximate surface area is 202 Å². The number of hydrogen-bond donors (Lipinski definition) is 1. The first-order valence-corrected chi connectivity index (χ1v) is 13.0. The fourth-order valence-electron chi connectivity index (χ4n) is 4.16. The summed E-state index contributed by atoms with van der Waals surface area (Å²) < 4.78 is 5.52. The van der Waals surface area contributed by atoms with Crippen molar-refractivity contribution in [1.29, 1.82) is 0 Å². The van der Waals surface area contributed by atoms with Gasteiger partial charge in [-0.25, -0.2) is 0 Å². The Hall–Kier alpha value is -2.47. The number of nitrogens with zero attached hydrogens (tertiary/aromatic N) is 1. The van der Waals surface area contributed by atoms with Gasteiger partial charge in [0.05, 0.1) is 17.9 Å². The van der Waals surface area contributed by atoms with E-state index in [1.807, 2.05) is 62.1 Å². The number of likely N-dealkylation sites (tertiary alicyclic amines) is 1. The summed E-state index contributed by atoms with van der Waals surface area (Å²) in [6, 6.07) is 16.1. The highest BCUT2D eigenvalue weighted by atomic mass is 32.2. The lowest BCUT2D eigenvalue weighted by Crippen LogP contribution is -2.38. The molecule has 0 spiro atoms. The van der Waals surface area contributed by atoms with Crippen molar-refractivity contribution in [1.82, 2.24) is 10.2 Å². The maximum atomic E-state index is 13.2. The van der Waals surface area contributed by atoms with Gasteiger partial charge < -0.3 is 15.0 Å². The van der Waals surface area contributed by atoms with Gasteiger partial charge in [0.2, 0.25) is 5.91 Å². The Bertz CT molecular complexity index is 906. The van der Waals surface area contributed by atoms with Crippen molar-refractivity contribution < 1.29 is 14.3 Å². The second-order valence-electron chi connectivity index (χ2n) is 8.86. The van der Waals surface area contributed by atoms with Crippen LogP contribution in [0, 0.1) is 5.92 Å². The molecule has 1 heterocycles. The quantitative estimate of drug-likeness (QED) is 0.488. The van der Waals surface area contributed by atoms with Gasteiger partial charge in [0.15, 0.2) is 0 Å². The molecule has 1 fully saturated rings. The SMILES string of the molecule is CCOc1ccc(CCC2CCN(C(=O)c3ccccc3SCC(=O)NC(C)C)CC2)cc1.